The number of aromatic carboxylic acids is 1. The molecule has 2 aromatic rings. The van der Waals surface area contributed by atoms with E-state index in [1.165, 1.54) is 30.0 Å². The summed E-state index contributed by atoms with van der Waals surface area (Å²) < 4.78 is 12.6. The molecule has 0 aliphatic heterocycles. The number of aromatic nitrogens is 1. The number of pyridine rings is 1. The molecule has 0 spiro atoms. The summed E-state index contributed by atoms with van der Waals surface area (Å²) in [6.07, 6.45) is 1.15. The van der Waals surface area contributed by atoms with Crippen molar-refractivity contribution in [3.63, 3.8) is 0 Å². The zero-order valence-electron chi connectivity index (χ0n) is 8.63. The fraction of sp³-hybridized carbons (Fsp3) is 0. The van der Waals surface area contributed by atoms with Crippen LogP contribution in [0.15, 0.2) is 52.5 Å². The van der Waals surface area contributed by atoms with Crippen LogP contribution in [0.2, 0.25) is 0 Å². The molecule has 0 fully saturated rings. The number of carboxylic acids is 1. The Hall–Kier alpha value is -1.88. The molecule has 1 heterocycles. The number of hydrogen-bond donors (Lipinski definition) is 1. The minimum Gasteiger partial charge on any atom is -0.478 e. The van der Waals surface area contributed by atoms with E-state index in [1.54, 1.807) is 18.2 Å². The van der Waals surface area contributed by atoms with Crippen molar-refractivity contribution in [2.75, 3.05) is 0 Å². The maximum absolute atomic E-state index is 12.6. The van der Waals surface area contributed by atoms with Gasteiger partial charge in [0.25, 0.3) is 0 Å². The molecule has 0 saturated carbocycles. The van der Waals surface area contributed by atoms with Gasteiger partial charge in [-0.05, 0) is 36.4 Å². The van der Waals surface area contributed by atoms with E-state index in [2.05, 4.69) is 4.98 Å². The van der Waals surface area contributed by atoms with Crippen LogP contribution in [0.1, 0.15) is 10.4 Å². The van der Waals surface area contributed by atoms with E-state index in [-0.39, 0.29) is 11.4 Å². The van der Waals surface area contributed by atoms with Crippen molar-refractivity contribution in [3.05, 3.63) is 54.0 Å². The summed E-state index contributed by atoms with van der Waals surface area (Å²) in [5.74, 6) is -1.34. The van der Waals surface area contributed by atoms with Gasteiger partial charge < -0.3 is 5.11 Å². The van der Waals surface area contributed by atoms with E-state index < -0.39 is 5.97 Å². The maximum Gasteiger partial charge on any atom is 0.335 e. The number of rotatable bonds is 3. The van der Waals surface area contributed by atoms with Crippen LogP contribution in [-0.4, -0.2) is 16.1 Å². The van der Waals surface area contributed by atoms with Crippen molar-refractivity contribution in [1.82, 2.24) is 4.98 Å². The SMILES string of the molecule is O=C(O)c1ccc(Sc2ccc(F)cn2)cc1. The highest BCUT2D eigenvalue weighted by molar-refractivity contribution is 7.99. The predicted octanol–water partition coefficient (Wildman–Crippen LogP) is 3.07. The van der Waals surface area contributed by atoms with Crippen LogP contribution >= 0.6 is 11.8 Å². The van der Waals surface area contributed by atoms with Crippen molar-refractivity contribution in [3.8, 4) is 0 Å². The van der Waals surface area contributed by atoms with Crippen molar-refractivity contribution < 1.29 is 14.3 Å². The Labute approximate surface area is 101 Å². The Kier molecular flexibility index (Phi) is 3.39. The third kappa shape index (κ3) is 3.04. The summed E-state index contributed by atoms with van der Waals surface area (Å²) in [4.78, 5) is 15.4. The molecule has 1 N–H and O–H groups in total. The van der Waals surface area contributed by atoms with Crippen molar-refractivity contribution in [1.29, 1.82) is 0 Å². The maximum atomic E-state index is 12.6. The summed E-state index contributed by atoms with van der Waals surface area (Å²) in [5, 5.41) is 9.40. The molecule has 0 atom stereocenters. The van der Waals surface area contributed by atoms with Gasteiger partial charge in [-0.2, -0.15) is 0 Å². The molecule has 0 bridgehead atoms. The molecule has 0 saturated heterocycles. The van der Waals surface area contributed by atoms with Crippen molar-refractivity contribution >= 4 is 17.7 Å². The summed E-state index contributed by atoms with van der Waals surface area (Å²) in [6, 6.07) is 9.34. The van der Waals surface area contributed by atoms with Crippen LogP contribution < -0.4 is 0 Å². The molecule has 0 amide bonds. The smallest absolute Gasteiger partial charge is 0.335 e. The number of hydrogen-bond acceptors (Lipinski definition) is 3. The average molecular weight is 249 g/mol. The largest absolute Gasteiger partial charge is 0.478 e. The second-order valence-corrected chi connectivity index (χ2v) is 4.34. The monoisotopic (exact) mass is 249 g/mol. The van der Waals surface area contributed by atoms with E-state index in [0.717, 1.165) is 11.1 Å². The summed E-state index contributed by atoms with van der Waals surface area (Å²) in [6.45, 7) is 0. The van der Waals surface area contributed by atoms with E-state index in [4.69, 9.17) is 5.11 Å². The van der Waals surface area contributed by atoms with Gasteiger partial charge in [-0.15, -0.1) is 0 Å². The first-order valence-corrected chi connectivity index (χ1v) is 5.59. The Bertz CT molecular complexity index is 525. The third-order valence-corrected chi connectivity index (χ3v) is 2.98. The molecule has 3 nitrogen and oxygen atoms in total. The van der Waals surface area contributed by atoms with Crippen LogP contribution in [0.5, 0.6) is 0 Å². The summed E-state index contributed by atoms with van der Waals surface area (Å²) >= 11 is 1.35. The molecule has 17 heavy (non-hydrogen) atoms. The number of benzene rings is 1. The third-order valence-electron chi connectivity index (χ3n) is 2.02. The first-order chi connectivity index (χ1) is 8.15. The first-order valence-electron chi connectivity index (χ1n) is 4.78. The minimum atomic E-state index is -0.957. The molecular weight excluding hydrogens is 241 g/mol. The fourth-order valence-corrected chi connectivity index (χ4v) is 1.96. The van der Waals surface area contributed by atoms with E-state index in [0.29, 0.717) is 5.03 Å². The van der Waals surface area contributed by atoms with Gasteiger partial charge in [0.15, 0.2) is 0 Å². The lowest BCUT2D eigenvalue weighted by Gasteiger charge is -2.01. The first kappa shape index (κ1) is 11.6. The molecule has 0 aliphatic rings. The van der Waals surface area contributed by atoms with Gasteiger partial charge in [0.2, 0.25) is 0 Å². The quantitative estimate of drug-likeness (QED) is 0.908. The predicted molar refractivity (Wildman–Crippen MR) is 61.7 cm³/mol. The Balaban J connectivity index is 2.13. The van der Waals surface area contributed by atoms with Gasteiger partial charge in [-0.3, -0.25) is 0 Å². The van der Waals surface area contributed by atoms with Crippen molar-refractivity contribution in [2.45, 2.75) is 9.92 Å². The molecule has 5 heteroatoms. The standard InChI is InChI=1S/C12H8FNO2S/c13-9-3-6-11(14-7-9)17-10-4-1-8(2-5-10)12(15)16/h1-7H,(H,15,16). The summed E-state index contributed by atoms with van der Waals surface area (Å²) in [7, 11) is 0. The second kappa shape index (κ2) is 4.97. The molecule has 0 unspecified atom stereocenters. The van der Waals surface area contributed by atoms with Gasteiger partial charge in [0, 0.05) is 4.90 Å². The summed E-state index contributed by atoms with van der Waals surface area (Å²) in [5.41, 5.74) is 0.237. The highest BCUT2D eigenvalue weighted by atomic mass is 32.2. The van der Waals surface area contributed by atoms with E-state index >= 15 is 0 Å². The number of carbonyl (C=O) groups is 1. The minimum absolute atomic E-state index is 0.237. The van der Waals surface area contributed by atoms with Gasteiger partial charge >= 0.3 is 5.97 Å². The average Bonchev–Trinajstić information content (AvgIpc) is 2.33. The molecule has 0 radical (unpaired) electrons. The Morgan fingerprint density at radius 3 is 2.41 bits per heavy atom. The topological polar surface area (TPSA) is 50.2 Å². The number of nitrogens with zero attached hydrogens (tertiary/aromatic N) is 1. The van der Waals surface area contributed by atoms with Crippen molar-refractivity contribution in [2.24, 2.45) is 0 Å². The van der Waals surface area contributed by atoms with Crippen LogP contribution in [0, 0.1) is 5.82 Å². The van der Waals surface area contributed by atoms with Crippen LogP contribution in [0.4, 0.5) is 4.39 Å². The van der Waals surface area contributed by atoms with E-state index in [1.807, 2.05) is 0 Å². The Morgan fingerprint density at radius 1 is 1.18 bits per heavy atom. The highest BCUT2D eigenvalue weighted by Gasteiger charge is 2.03. The normalized spacial score (nSPS) is 10.2. The van der Waals surface area contributed by atoms with Gasteiger partial charge in [-0.25, -0.2) is 14.2 Å². The second-order valence-electron chi connectivity index (χ2n) is 3.25. The molecular formula is C12H8FNO2S. The Morgan fingerprint density at radius 2 is 1.88 bits per heavy atom. The van der Waals surface area contributed by atoms with Gasteiger partial charge in [-0.1, -0.05) is 11.8 Å². The van der Waals surface area contributed by atoms with Gasteiger partial charge in [0.05, 0.1) is 11.8 Å². The van der Waals surface area contributed by atoms with Crippen LogP contribution in [0.25, 0.3) is 0 Å². The number of halogens is 1. The zero-order valence-corrected chi connectivity index (χ0v) is 9.45. The van der Waals surface area contributed by atoms with Gasteiger partial charge in [0.1, 0.15) is 10.8 Å². The number of carboxylic acid groups (broad SMARTS) is 1. The lowest BCUT2D eigenvalue weighted by atomic mass is 10.2. The lowest BCUT2D eigenvalue weighted by molar-refractivity contribution is 0.0697. The van der Waals surface area contributed by atoms with Crippen LogP contribution in [0.3, 0.4) is 0 Å². The molecule has 0 aliphatic carbocycles. The molecule has 1 aromatic carbocycles. The van der Waals surface area contributed by atoms with E-state index in [9.17, 15) is 9.18 Å². The molecule has 86 valence electrons. The highest BCUT2D eigenvalue weighted by Crippen LogP contribution is 2.25. The molecule has 2 rings (SSSR count). The zero-order chi connectivity index (χ0) is 12.3. The molecule has 1 aromatic heterocycles. The lowest BCUT2D eigenvalue weighted by Crippen LogP contribution is -1.94. The van der Waals surface area contributed by atoms with Crippen LogP contribution in [-0.2, 0) is 0 Å². The fourth-order valence-electron chi connectivity index (χ4n) is 1.21.